The summed E-state index contributed by atoms with van der Waals surface area (Å²) in [7, 11) is 0. The summed E-state index contributed by atoms with van der Waals surface area (Å²) in [4.78, 5) is 16.8. The van der Waals surface area contributed by atoms with Crippen molar-refractivity contribution in [2.24, 2.45) is 0 Å². The van der Waals surface area contributed by atoms with Gasteiger partial charge in [-0.25, -0.2) is 9.78 Å². The number of aryl methyl sites for hydroxylation is 3. The molecule has 3 nitrogen and oxygen atoms in total. The summed E-state index contributed by atoms with van der Waals surface area (Å²) in [5, 5.41) is 0.955. The molecule has 0 saturated heterocycles. The first-order valence-corrected chi connectivity index (χ1v) is 7.20. The maximum atomic E-state index is 12.4. The molecule has 1 heterocycles. The predicted molar refractivity (Wildman–Crippen MR) is 87.4 cm³/mol. The lowest BCUT2D eigenvalue weighted by atomic mass is 10.1. The number of carbonyl (C=O) groups excluding carboxylic acids is 1. The number of hydrogen-bond acceptors (Lipinski definition) is 3. The first kappa shape index (κ1) is 14.3. The smallest absolute Gasteiger partial charge is 0.343 e. The molecule has 0 aliphatic carbocycles. The van der Waals surface area contributed by atoms with Crippen LogP contribution in [0.4, 0.5) is 0 Å². The number of esters is 1. The third-order valence-electron chi connectivity index (χ3n) is 3.77. The fourth-order valence-corrected chi connectivity index (χ4v) is 2.33. The van der Waals surface area contributed by atoms with E-state index in [1.807, 2.05) is 57.2 Å². The molecule has 0 amide bonds. The number of aromatic nitrogens is 1. The highest BCUT2D eigenvalue weighted by Crippen LogP contribution is 2.25. The number of pyridine rings is 1. The fraction of sp³-hybridized carbons (Fsp3) is 0.158. The minimum atomic E-state index is -0.362. The van der Waals surface area contributed by atoms with E-state index in [0.717, 1.165) is 22.2 Å². The molecule has 3 aromatic rings. The summed E-state index contributed by atoms with van der Waals surface area (Å²) in [6.45, 7) is 5.91. The summed E-state index contributed by atoms with van der Waals surface area (Å²) in [5.74, 6) is 0.128. The molecule has 0 unspecified atom stereocenters. The highest BCUT2D eigenvalue weighted by Gasteiger charge is 2.12. The van der Waals surface area contributed by atoms with E-state index in [0.29, 0.717) is 16.8 Å². The summed E-state index contributed by atoms with van der Waals surface area (Å²) >= 11 is 0. The number of carbonyl (C=O) groups is 1. The lowest BCUT2D eigenvalue weighted by Crippen LogP contribution is -2.09. The van der Waals surface area contributed by atoms with Crippen LogP contribution >= 0.6 is 0 Å². The molecule has 3 heteroatoms. The van der Waals surface area contributed by atoms with Crippen molar-refractivity contribution in [3.63, 3.8) is 0 Å². The van der Waals surface area contributed by atoms with E-state index in [9.17, 15) is 4.79 Å². The SMILES string of the molecule is Cc1ccc2cccc(OC(=O)c3ccc(C)c(C)c3)c2n1. The van der Waals surface area contributed by atoms with Gasteiger partial charge >= 0.3 is 5.97 Å². The van der Waals surface area contributed by atoms with Crippen LogP contribution < -0.4 is 4.74 Å². The van der Waals surface area contributed by atoms with Crippen molar-refractivity contribution < 1.29 is 9.53 Å². The molecule has 22 heavy (non-hydrogen) atoms. The normalized spacial score (nSPS) is 10.7. The number of nitrogens with zero attached hydrogens (tertiary/aromatic N) is 1. The Balaban J connectivity index is 1.97. The van der Waals surface area contributed by atoms with E-state index >= 15 is 0 Å². The lowest BCUT2D eigenvalue weighted by Gasteiger charge is -2.09. The molecule has 0 N–H and O–H groups in total. The van der Waals surface area contributed by atoms with Crippen LogP contribution in [0.1, 0.15) is 27.2 Å². The first-order chi connectivity index (χ1) is 10.5. The van der Waals surface area contributed by atoms with E-state index in [1.54, 1.807) is 12.1 Å². The van der Waals surface area contributed by atoms with Gasteiger partial charge in [0.2, 0.25) is 0 Å². The second kappa shape index (κ2) is 5.60. The standard InChI is InChI=1S/C19H17NO2/c1-12-7-9-16(11-13(12)2)19(21)22-17-6-4-5-15-10-8-14(3)20-18(15)17/h4-11H,1-3H3. The van der Waals surface area contributed by atoms with Gasteiger partial charge in [-0.1, -0.05) is 24.3 Å². The minimum Gasteiger partial charge on any atom is -0.421 e. The molecule has 0 aliphatic heterocycles. The Hall–Kier alpha value is -2.68. The number of ether oxygens (including phenoxy) is 1. The van der Waals surface area contributed by atoms with Gasteiger partial charge in [0, 0.05) is 11.1 Å². The average Bonchev–Trinajstić information content (AvgIpc) is 2.50. The molecule has 0 fully saturated rings. The topological polar surface area (TPSA) is 39.2 Å². The van der Waals surface area contributed by atoms with E-state index in [4.69, 9.17) is 4.74 Å². The van der Waals surface area contributed by atoms with Crippen LogP contribution in [0, 0.1) is 20.8 Å². The van der Waals surface area contributed by atoms with Gasteiger partial charge in [0.1, 0.15) is 5.52 Å². The van der Waals surface area contributed by atoms with Gasteiger partial charge in [-0.2, -0.15) is 0 Å². The van der Waals surface area contributed by atoms with Crippen LogP contribution in [-0.4, -0.2) is 11.0 Å². The second-order valence-corrected chi connectivity index (χ2v) is 5.47. The Morgan fingerprint density at radius 1 is 0.955 bits per heavy atom. The molecule has 0 bridgehead atoms. The van der Waals surface area contributed by atoms with E-state index in [-0.39, 0.29) is 5.97 Å². The van der Waals surface area contributed by atoms with Crippen LogP contribution in [0.25, 0.3) is 10.9 Å². The Bertz CT molecular complexity index is 868. The second-order valence-electron chi connectivity index (χ2n) is 5.47. The van der Waals surface area contributed by atoms with Crippen molar-refractivity contribution >= 4 is 16.9 Å². The van der Waals surface area contributed by atoms with Crippen LogP contribution in [0.5, 0.6) is 5.75 Å². The monoisotopic (exact) mass is 291 g/mol. The number of para-hydroxylation sites is 1. The number of fused-ring (bicyclic) bond motifs is 1. The largest absolute Gasteiger partial charge is 0.421 e. The number of rotatable bonds is 2. The molecule has 3 rings (SSSR count). The van der Waals surface area contributed by atoms with Crippen LogP contribution in [0.3, 0.4) is 0 Å². The van der Waals surface area contributed by atoms with Crippen LogP contribution in [0.2, 0.25) is 0 Å². The first-order valence-electron chi connectivity index (χ1n) is 7.20. The van der Waals surface area contributed by atoms with E-state index in [1.165, 1.54) is 0 Å². The quantitative estimate of drug-likeness (QED) is 0.519. The van der Waals surface area contributed by atoms with Crippen molar-refractivity contribution in [3.05, 3.63) is 70.9 Å². The molecular formula is C19H17NO2. The molecule has 2 aromatic carbocycles. The van der Waals surface area contributed by atoms with Crippen molar-refractivity contribution in [2.75, 3.05) is 0 Å². The fourth-order valence-electron chi connectivity index (χ4n) is 2.33. The lowest BCUT2D eigenvalue weighted by molar-refractivity contribution is 0.0736. The van der Waals surface area contributed by atoms with Crippen molar-refractivity contribution in [2.45, 2.75) is 20.8 Å². The summed E-state index contributed by atoms with van der Waals surface area (Å²) in [5.41, 5.74) is 4.37. The van der Waals surface area contributed by atoms with Crippen LogP contribution in [0.15, 0.2) is 48.5 Å². The van der Waals surface area contributed by atoms with Gasteiger partial charge in [-0.15, -0.1) is 0 Å². The van der Waals surface area contributed by atoms with Crippen molar-refractivity contribution in [3.8, 4) is 5.75 Å². The summed E-state index contributed by atoms with van der Waals surface area (Å²) < 4.78 is 5.56. The molecule has 0 spiro atoms. The molecule has 110 valence electrons. The molecule has 0 saturated carbocycles. The molecule has 0 aliphatic rings. The van der Waals surface area contributed by atoms with Gasteiger partial charge in [0.05, 0.1) is 5.56 Å². The van der Waals surface area contributed by atoms with E-state index < -0.39 is 0 Å². The third-order valence-corrected chi connectivity index (χ3v) is 3.77. The third kappa shape index (κ3) is 2.70. The zero-order valence-electron chi connectivity index (χ0n) is 12.9. The van der Waals surface area contributed by atoms with Crippen molar-refractivity contribution in [1.29, 1.82) is 0 Å². The maximum Gasteiger partial charge on any atom is 0.343 e. The van der Waals surface area contributed by atoms with Gasteiger partial charge in [0.15, 0.2) is 5.75 Å². The Morgan fingerprint density at radius 3 is 2.55 bits per heavy atom. The molecular weight excluding hydrogens is 274 g/mol. The Labute approximate surface area is 129 Å². The van der Waals surface area contributed by atoms with Crippen molar-refractivity contribution in [1.82, 2.24) is 4.98 Å². The van der Waals surface area contributed by atoms with E-state index in [2.05, 4.69) is 4.98 Å². The maximum absolute atomic E-state index is 12.4. The molecule has 1 aromatic heterocycles. The minimum absolute atomic E-state index is 0.362. The number of benzene rings is 2. The highest BCUT2D eigenvalue weighted by atomic mass is 16.5. The van der Waals surface area contributed by atoms with Gasteiger partial charge in [-0.3, -0.25) is 0 Å². The Kier molecular flexibility index (Phi) is 3.63. The zero-order valence-corrected chi connectivity index (χ0v) is 12.9. The Morgan fingerprint density at radius 2 is 1.77 bits per heavy atom. The van der Waals surface area contributed by atoms with Gasteiger partial charge in [-0.05, 0) is 56.2 Å². The molecule has 0 radical (unpaired) electrons. The average molecular weight is 291 g/mol. The van der Waals surface area contributed by atoms with Gasteiger partial charge in [0.25, 0.3) is 0 Å². The summed E-state index contributed by atoms with van der Waals surface area (Å²) in [6.07, 6.45) is 0. The highest BCUT2D eigenvalue weighted by molar-refractivity contribution is 5.94. The molecule has 0 atom stereocenters. The summed E-state index contributed by atoms with van der Waals surface area (Å²) in [6, 6.07) is 15.1. The predicted octanol–water partition coefficient (Wildman–Crippen LogP) is 4.38. The number of hydrogen-bond donors (Lipinski definition) is 0. The van der Waals surface area contributed by atoms with Gasteiger partial charge < -0.3 is 4.74 Å². The zero-order chi connectivity index (χ0) is 15.7. The van der Waals surface area contributed by atoms with Crippen LogP contribution in [-0.2, 0) is 0 Å².